The minimum absolute atomic E-state index is 0.0778. The molecular weight excluding hydrogens is 444 g/mol. The number of pyridine rings is 1. The third-order valence-electron chi connectivity index (χ3n) is 4.20. The Morgan fingerprint density at radius 2 is 1.93 bits per heavy atom. The molecule has 0 amide bonds. The van der Waals surface area contributed by atoms with Gasteiger partial charge in [-0.15, -0.1) is 0 Å². The molecule has 0 aliphatic carbocycles. The summed E-state index contributed by atoms with van der Waals surface area (Å²) < 4.78 is 39.7. The van der Waals surface area contributed by atoms with Crippen LogP contribution in [0.15, 0.2) is 64.1 Å². The van der Waals surface area contributed by atoms with E-state index >= 15 is 0 Å². The average molecular weight is 465 g/mol. The summed E-state index contributed by atoms with van der Waals surface area (Å²) in [4.78, 5) is 4.49. The van der Waals surface area contributed by atoms with Crippen molar-refractivity contribution < 1.29 is 17.9 Å². The van der Waals surface area contributed by atoms with Crippen LogP contribution in [0, 0.1) is 0 Å². The molecule has 3 rings (SSSR count). The Morgan fingerprint density at radius 1 is 1.14 bits per heavy atom. The topological polar surface area (TPSA) is 68.7 Å². The van der Waals surface area contributed by atoms with Crippen molar-refractivity contribution in [1.82, 2.24) is 4.98 Å². The number of fused-ring (bicyclic) bond motifs is 1. The molecule has 2 aromatic carbocycles. The van der Waals surface area contributed by atoms with Gasteiger partial charge in [-0.1, -0.05) is 34.1 Å². The summed E-state index contributed by atoms with van der Waals surface area (Å²) in [5.41, 5.74) is 1.27. The molecule has 0 spiro atoms. The van der Waals surface area contributed by atoms with Crippen molar-refractivity contribution in [2.45, 2.75) is 11.8 Å². The summed E-state index contributed by atoms with van der Waals surface area (Å²) in [7, 11) is -2.46. The normalized spacial score (nSPS) is 11.5. The molecule has 0 saturated carbocycles. The fraction of sp³-hybridized carbons (Fsp3) is 0.250. The fourth-order valence-electron chi connectivity index (χ4n) is 2.85. The molecule has 0 radical (unpaired) electrons. The molecule has 0 aliphatic heterocycles. The largest absolute Gasteiger partial charge is 0.495 e. The summed E-state index contributed by atoms with van der Waals surface area (Å²) in [6.07, 6.45) is 1.57. The Balaban J connectivity index is 2.11. The van der Waals surface area contributed by atoms with Crippen LogP contribution in [0.2, 0.25) is 0 Å². The number of rotatable bonds is 8. The quantitative estimate of drug-likeness (QED) is 0.466. The predicted octanol–water partition coefficient (Wildman–Crippen LogP) is 4.24. The molecule has 0 N–H and O–H groups in total. The van der Waals surface area contributed by atoms with Crippen molar-refractivity contribution in [3.63, 3.8) is 0 Å². The van der Waals surface area contributed by atoms with Crippen LogP contribution in [0.4, 0.5) is 5.69 Å². The lowest BCUT2D eigenvalue weighted by Crippen LogP contribution is -2.34. The van der Waals surface area contributed by atoms with E-state index in [2.05, 4.69) is 20.9 Å². The maximum Gasteiger partial charge on any atom is 0.268 e. The summed E-state index contributed by atoms with van der Waals surface area (Å²) in [5.74, 6) is 0.276. The molecular formula is C20H21BrN2O4S. The number of ether oxygens (including phenoxy) is 2. The second kappa shape index (κ2) is 8.89. The number of benzene rings is 2. The van der Waals surface area contributed by atoms with Crippen molar-refractivity contribution in [3.05, 3.63) is 59.2 Å². The molecule has 0 saturated heterocycles. The molecule has 28 heavy (non-hydrogen) atoms. The standard InChI is InChI=1S/C20H21BrN2O4S/c1-3-27-11-10-23(17-12-15-6-4-5-7-18(15)22-14-17)28(24,25)20-13-16(21)8-9-19(20)26-2/h4-9,12-14H,3,10-11H2,1-2H3. The second-order valence-corrected chi connectivity index (χ2v) is 8.70. The van der Waals surface area contributed by atoms with Crippen molar-refractivity contribution in [3.8, 4) is 5.75 Å². The van der Waals surface area contributed by atoms with E-state index in [0.29, 0.717) is 16.8 Å². The molecule has 0 fully saturated rings. The zero-order chi connectivity index (χ0) is 20.1. The van der Waals surface area contributed by atoms with Gasteiger partial charge in [0.1, 0.15) is 10.6 Å². The first-order valence-corrected chi connectivity index (χ1v) is 11.0. The molecule has 0 aliphatic rings. The lowest BCUT2D eigenvalue weighted by molar-refractivity contribution is 0.156. The van der Waals surface area contributed by atoms with Crippen molar-refractivity contribution in [2.24, 2.45) is 0 Å². The zero-order valence-electron chi connectivity index (χ0n) is 15.6. The van der Waals surface area contributed by atoms with Crippen LogP contribution in [-0.4, -0.2) is 40.3 Å². The maximum absolute atomic E-state index is 13.5. The molecule has 1 heterocycles. The van der Waals surface area contributed by atoms with Gasteiger partial charge in [-0.25, -0.2) is 8.42 Å². The molecule has 1 aromatic heterocycles. The number of sulfonamides is 1. The van der Waals surface area contributed by atoms with Gasteiger partial charge < -0.3 is 9.47 Å². The van der Waals surface area contributed by atoms with Gasteiger partial charge in [0.25, 0.3) is 10.0 Å². The Labute approximate surface area is 173 Å². The molecule has 148 valence electrons. The first kappa shape index (κ1) is 20.6. The lowest BCUT2D eigenvalue weighted by atomic mass is 10.2. The zero-order valence-corrected chi connectivity index (χ0v) is 18.0. The van der Waals surface area contributed by atoms with Crippen LogP contribution in [0.25, 0.3) is 10.9 Å². The third-order valence-corrected chi connectivity index (χ3v) is 6.54. The summed E-state index contributed by atoms with van der Waals surface area (Å²) in [5, 5.41) is 0.859. The third kappa shape index (κ3) is 4.29. The van der Waals surface area contributed by atoms with Gasteiger partial charge >= 0.3 is 0 Å². The van der Waals surface area contributed by atoms with Gasteiger partial charge in [0.2, 0.25) is 0 Å². The van der Waals surface area contributed by atoms with Crippen LogP contribution in [0.3, 0.4) is 0 Å². The highest BCUT2D eigenvalue weighted by Gasteiger charge is 2.29. The van der Waals surface area contributed by atoms with E-state index < -0.39 is 10.0 Å². The van der Waals surface area contributed by atoms with Gasteiger partial charge in [-0.05, 0) is 37.3 Å². The number of methoxy groups -OCH3 is 1. The van der Waals surface area contributed by atoms with E-state index in [9.17, 15) is 8.42 Å². The summed E-state index contributed by atoms with van der Waals surface area (Å²) >= 11 is 3.34. The SMILES string of the molecule is CCOCCN(c1cnc2ccccc2c1)S(=O)(=O)c1cc(Br)ccc1OC. The van der Waals surface area contributed by atoms with Crippen LogP contribution >= 0.6 is 15.9 Å². The van der Waals surface area contributed by atoms with E-state index in [-0.39, 0.29) is 23.8 Å². The first-order valence-electron chi connectivity index (χ1n) is 8.76. The number of hydrogen-bond acceptors (Lipinski definition) is 5. The van der Waals surface area contributed by atoms with E-state index in [1.165, 1.54) is 17.5 Å². The number of nitrogens with zero attached hydrogens (tertiary/aromatic N) is 2. The minimum atomic E-state index is -3.91. The molecule has 0 bridgehead atoms. The van der Waals surface area contributed by atoms with Crippen molar-refractivity contribution in [2.75, 3.05) is 31.2 Å². The van der Waals surface area contributed by atoms with Crippen LogP contribution < -0.4 is 9.04 Å². The smallest absolute Gasteiger partial charge is 0.268 e. The molecule has 3 aromatic rings. The van der Waals surface area contributed by atoms with Crippen LogP contribution in [0.1, 0.15) is 6.92 Å². The molecule has 8 heteroatoms. The van der Waals surface area contributed by atoms with E-state index in [1.807, 2.05) is 37.3 Å². The van der Waals surface area contributed by atoms with E-state index in [1.54, 1.807) is 18.3 Å². The number of para-hydroxylation sites is 1. The highest BCUT2D eigenvalue weighted by atomic mass is 79.9. The highest BCUT2D eigenvalue weighted by molar-refractivity contribution is 9.10. The van der Waals surface area contributed by atoms with Crippen molar-refractivity contribution in [1.29, 1.82) is 0 Å². The first-order chi connectivity index (χ1) is 13.5. The Bertz CT molecular complexity index is 1070. The van der Waals surface area contributed by atoms with Crippen LogP contribution in [0.5, 0.6) is 5.75 Å². The Morgan fingerprint density at radius 3 is 2.68 bits per heavy atom. The monoisotopic (exact) mass is 464 g/mol. The summed E-state index contributed by atoms with van der Waals surface area (Å²) in [6.45, 7) is 2.79. The van der Waals surface area contributed by atoms with Crippen LogP contribution in [-0.2, 0) is 14.8 Å². The number of hydrogen-bond donors (Lipinski definition) is 0. The molecule has 6 nitrogen and oxygen atoms in total. The second-order valence-electron chi connectivity index (χ2n) is 5.96. The number of halogens is 1. The van der Waals surface area contributed by atoms with E-state index in [0.717, 1.165) is 10.9 Å². The number of aromatic nitrogens is 1. The summed E-state index contributed by atoms with van der Waals surface area (Å²) in [6, 6.07) is 14.3. The van der Waals surface area contributed by atoms with Gasteiger partial charge in [-0.2, -0.15) is 0 Å². The van der Waals surface area contributed by atoms with Gasteiger partial charge in [-0.3, -0.25) is 9.29 Å². The number of anilines is 1. The Hall–Kier alpha value is -2.16. The molecule has 0 unspecified atom stereocenters. The van der Waals surface area contributed by atoms with Gasteiger partial charge in [0.15, 0.2) is 0 Å². The highest BCUT2D eigenvalue weighted by Crippen LogP contribution is 2.32. The average Bonchev–Trinajstić information content (AvgIpc) is 2.70. The fourth-order valence-corrected chi connectivity index (χ4v) is 4.97. The Kier molecular flexibility index (Phi) is 6.53. The minimum Gasteiger partial charge on any atom is -0.495 e. The maximum atomic E-state index is 13.5. The van der Waals surface area contributed by atoms with Gasteiger partial charge in [0, 0.05) is 16.5 Å². The van der Waals surface area contributed by atoms with Gasteiger partial charge in [0.05, 0.1) is 37.7 Å². The predicted molar refractivity (Wildman–Crippen MR) is 113 cm³/mol. The molecule has 0 atom stereocenters. The van der Waals surface area contributed by atoms with E-state index in [4.69, 9.17) is 9.47 Å². The van der Waals surface area contributed by atoms with Crippen molar-refractivity contribution >= 4 is 42.5 Å². The lowest BCUT2D eigenvalue weighted by Gasteiger charge is -2.25.